The second kappa shape index (κ2) is 5.46. The molecule has 2 aliphatic rings. The number of pyridine rings is 1. The van der Waals surface area contributed by atoms with Gasteiger partial charge in [0.25, 0.3) is 0 Å². The highest BCUT2D eigenvalue weighted by Crippen LogP contribution is 2.46. The number of piperazine rings is 1. The number of aromatic hydroxyl groups is 1. The first-order valence-electron chi connectivity index (χ1n) is 8.87. The molecule has 1 aliphatic heterocycles. The van der Waals surface area contributed by atoms with Crippen molar-refractivity contribution >= 4 is 16.6 Å². The number of hydrogen-bond acceptors (Lipinski definition) is 4. The first-order valence-corrected chi connectivity index (χ1v) is 8.87. The normalized spacial score (nSPS) is 16.9. The van der Waals surface area contributed by atoms with E-state index in [1.54, 1.807) is 0 Å². The van der Waals surface area contributed by atoms with Crippen LogP contribution in [-0.2, 0) is 6.42 Å². The summed E-state index contributed by atoms with van der Waals surface area (Å²) in [5.41, 5.74) is 7.26. The van der Waals surface area contributed by atoms with Gasteiger partial charge in [-0.05, 0) is 53.6 Å². The average Bonchev–Trinajstić information content (AvgIpc) is 3.02. The molecular weight excluding hydrogens is 310 g/mol. The SMILES string of the molecule is CN1CCN(c2cccc3c2Cc2c-3cc(O)c3cccnc23)CC1. The zero-order chi connectivity index (χ0) is 17.0. The summed E-state index contributed by atoms with van der Waals surface area (Å²) in [4.78, 5) is 9.45. The number of rotatable bonds is 1. The summed E-state index contributed by atoms with van der Waals surface area (Å²) >= 11 is 0. The van der Waals surface area contributed by atoms with Crippen LogP contribution in [0.4, 0.5) is 5.69 Å². The average molecular weight is 331 g/mol. The molecule has 5 rings (SSSR count). The Balaban J connectivity index is 1.65. The van der Waals surface area contributed by atoms with Gasteiger partial charge >= 0.3 is 0 Å². The molecule has 0 bridgehead atoms. The molecule has 4 heteroatoms. The molecule has 25 heavy (non-hydrogen) atoms. The van der Waals surface area contributed by atoms with Gasteiger partial charge in [0.15, 0.2) is 0 Å². The van der Waals surface area contributed by atoms with Crippen LogP contribution < -0.4 is 4.90 Å². The van der Waals surface area contributed by atoms with E-state index in [0.29, 0.717) is 5.75 Å². The Labute approximate surface area is 147 Å². The van der Waals surface area contributed by atoms with E-state index >= 15 is 0 Å². The minimum absolute atomic E-state index is 0.319. The lowest BCUT2D eigenvalue weighted by Gasteiger charge is -2.35. The van der Waals surface area contributed by atoms with Crippen LogP contribution in [0.15, 0.2) is 42.6 Å². The predicted molar refractivity (Wildman–Crippen MR) is 101 cm³/mol. The molecule has 126 valence electrons. The lowest BCUT2D eigenvalue weighted by molar-refractivity contribution is 0.312. The van der Waals surface area contributed by atoms with E-state index in [9.17, 15) is 5.11 Å². The molecule has 0 saturated carbocycles. The third-order valence-electron chi connectivity index (χ3n) is 5.61. The molecule has 0 unspecified atom stereocenters. The van der Waals surface area contributed by atoms with Gasteiger partial charge in [-0.15, -0.1) is 0 Å². The standard InChI is InChI=1S/C21H21N3O/c1-23-8-10-24(11-9-23)19-6-2-4-14-16-13-20(25)15-5-3-7-22-21(15)18(16)12-17(14)19/h2-7,13,25H,8-12H2,1H3. The number of benzene rings is 2. The van der Waals surface area contributed by atoms with Gasteiger partial charge in [0.2, 0.25) is 0 Å². The third kappa shape index (κ3) is 2.21. The number of likely N-dealkylation sites (N-methyl/N-ethyl adjacent to an activating group) is 1. The maximum absolute atomic E-state index is 10.5. The molecule has 1 saturated heterocycles. The number of fused-ring (bicyclic) bond motifs is 5. The van der Waals surface area contributed by atoms with Gasteiger partial charge in [0.1, 0.15) is 5.75 Å². The monoisotopic (exact) mass is 331 g/mol. The maximum atomic E-state index is 10.5. The van der Waals surface area contributed by atoms with Crippen LogP contribution >= 0.6 is 0 Å². The van der Waals surface area contributed by atoms with Crippen molar-refractivity contribution in [2.24, 2.45) is 0 Å². The van der Waals surface area contributed by atoms with Crippen LogP contribution in [0.5, 0.6) is 5.75 Å². The quantitative estimate of drug-likeness (QED) is 0.581. The largest absolute Gasteiger partial charge is 0.507 e. The van der Waals surface area contributed by atoms with Gasteiger partial charge in [-0.1, -0.05) is 12.1 Å². The first kappa shape index (κ1) is 14.7. The van der Waals surface area contributed by atoms with Gasteiger partial charge in [-0.2, -0.15) is 0 Å². The summed E-state index contributed by atoms with van der Waals surface area (Å²) in [5.74, 6) is 0.319. The lowest BCUT2D eigenvalue weighted by atomic mass is 10.0. The highest BCUT2D eigenvalue weighted by Gasteiger charge is 2.27. The molecule has 0 atom stereocenters. The molecule has 0 radical (unpaired) electrons. The summed E-state index contributed by atoms with van der Waals surface area (Å²) in [6.07, 6.45) is 2.70. The van der Waals surface area contributed by atoms with Crippen molar-refractivity contribution in [2.45, 2.75) is 6.42 Å². The molecule has 2 aromatic carbocycles. The summed E-state index contributed by atoms with van der Waals surface area (Å²) in [6, 6.07) is 12.3. The van der Waals surface area contributed by atoms with Gasteiger partial charge in [0.05, 0.1) is 5.52 Å². The van der Waals surface area contributed by atoms with Gasteiger partial charge in [-0.3, -0.25) is 4.98 Å². The van der Waals surface area contributed by atoms with Crippen LogP contribution in [0.3, 0.4) is 0 Å². The lowest BCUT2D eigenvalue weighted by Crippen LogP contribution is -2.44. The molecule has 0 amide bonds. The Morgan fingerprint density at radius 1 is 0.960 bits per heavy atom. The van der Waals surface area contributed by atoms with E-state index in [4.69, 9.17) is 0 Å². The van der Waals surface area contributed by atoms with Gasteiger partial charge in [-0.25, -0.2) is 0 Å². The highest BCUT2D eigenvalue weighted by molar-refractivity contribution is 5.97. The minimum atomic E-state index is 0.319. The molecule has 1 aliphatic carbocycles. The molecule has 4 nitrogen and oxygen atoms in total. The summed E-state index contributed by atoms with van der Waals surface area (Å²) in [6.45, 7) is 4.32. The van der Waals surface area contributed by atoms with Crippen molar-refractivity contribution < 1.29 is 5.11 Å². The first-order chi connectivity index (χ1) is 12.2. The fraction of sp³-hybridized carbons (Fsp3) is 0.286. The van der Waals surface area contributed by atoms with Crippen molar-refractivity contribution in [2.75, 3.05) is 38.1 Å². The van der Waals surface area contributed by atoms with E-state index in [1.165, 1.54) is 22.4 Å². The van der Waals surface area contributed by atoms with Crippen LogP contribution in [0, 0.1) is 0 Å². The zero-order valence-corrected chi connectivity index (χ0v) is 14.4. The van der Waals surface area contributed by atoms with E-state index in [-0.39, 0.29) is 0 Å². The van der Waals surface area contributed by atoms with Crippen molar-refractivity contribution in [1.29, 1.82) is 0 Å². The number of hydrogen-bond donors (Lipinski definition) is 1. The van der Waals surface area contributed by atoms with Gasteiger partial charge < -0.3 is 14.9 Å². The molecule has 0 spiro atoms. The molecular formula is C21H21N3O. The fourth-order valence-electron chi connectivity index (χ4n) is 4.23. The van der Waals surface area contributed by atoms with Crippen molar-refractivity contribution in [3.63, 3.8) is 0 Å². The summed E-state index contributed by atoms with van der Waals surface area (Å²) in [5, 5.41) is 11.3. The van der Waals surface area contributed by atoms with Crippen LogP contribution in [0.25, 0.3) is 22.0 Å². The molecule has 3 aromatic rings. The third-order valence-corrected chi connectivity index (χ3v) is 5.61. The number of phenolic OH excluding ortho intramolecular Hbond substituents is 1. The smallest absolute Gasteiger partial charge is 0.125 e. The van der Waals surface area contributed by atoms with Crippen molar-refractivity contribution in [3.8, 4) is 16.9 Å². The van der Waals surface area contributed by atoms with E-state index in [2.05, 4.69) is 40.0 Å². The Hall–Kier alpha value is -2.59. The molecule has 2 heterocycles. The number of nitrogens with zero attached hydrogens (tertiary/aromatic N) is 3. The Bertz CT molecular complexity index is 974. The Morgan fingerprint density at radius 3 is 2.64 bits per heavy atom. The number of anilines is 1. The second-order valence-corrected chi connectivity index (χ2v) is 7.09. The number of aromatic nitrogens is 1. The summed E-state index contributed by atoms with van der Waals surface area (Å²) < 4.78 is 0. The molecule has 1 aromatic heterocycles. The van der Waals surface area contributed by atoms with Gasteiger partial charge in [0, 0.05) is 49.9 Å². The van der Waals surface area contributed by atoms with Crippen molar-refractivity contribution in [3.05, 3.63) is 53.7 Å². The number of phenols is 1. The Morgan fingerprint density at radius 2 is 1.80 bits per heavy atom. The van der Waals surface area contributed by atoms with E-state index < -0.39 is 0 Å². The minimum Gasteiger partial charge on any atom is -0.507 e. The molecule has 1 fully saturated rings. The topological polar surface area (TPSA) is 39.6 Å². The van der Waals surface area contributed by atoms with Crippen LogP contribution in [0.2, 0.25) is 0 Å². The summed E-state index contributed by atoms with van der Waals surface area (Å²) in [7, 11) is 2.18. The second-order valence-electron chi connectivity index (χ2n) is 7.09. The van der Waals surface area contributed by atoms with Crippen LogP contribution in [-0.4, -0.2) is 48.2 Å². The Kier molecular flexibility index (Phi) is 3.22. The zero-order valence-electron chi connectivity index (χ0n) is 14.4. The maximum Gasteiger partial charge on any atom is 0.125 e. The molecule has 1 N–H and O–H groups in total. The fourth-order valence-corrected chi connectivity index (χ4v) is 4.23. The van der Waals surface area contributed by atoms with E-state index in [1.807, 2.05) is 24.4 Å². The van der Waals surface area contributed by atoms with Crippen LogP contribution in [0.1, 0.15) is 11.1 Å². The van der Waals surface area contributed by atoms with E-state index in [0.717, 1.165) is 49.1 Å². The van der Waals surface area contributed by atoms with Crippen molar-refractivity contribution in [1.82, 2.24) is 9.88 Å². The predicted octanol–water partition coefficient (Wildman–Crippen LogP) is 3.26. The highest BCUT2D eigenvalue weighted by atomic mass is 16.3.